The quantitative estimate of drug-likeness (QED) is 0.419. The van der Waals surface area contributed by atoms with Crippen molar-refractivity contribution in [1.82, 2.24) is 0 Å². The van der Waals surface area contributed by atoms with E-state index in [2.05, 4.69) is 0 Å². The molecule has 0 rings (SSSR count). The van der Waals surface area contributed by atoms with Crippen LogP contribution in [0.4, 0.5) is 0 Å². The van der Waals surface area contributed by atoms with Crippen LogP contribution in [0.2, 0.25) is 0 Å². The van der Waals surface area contributed by atoms with Crippen LogP contribution in [0.15, 0.2) is 0 Å². The first-order valence-electron chi connectivity index (χ1n) is 1.49. The van der Waals surface area contributed by atoms with Crippen molar-refractivity contribution < 1.29 is 0 Å². The third-order valence-corrected chi connectivity index (χ3v) is 0.339. The van der Waals surface area contributed by atoms with Crippen LogP contribution in [0.1, 0.15) is 0 Å². The van der Waals surface area contributed by atoms with Crippen LogP contribution in [0, 0.1) is 16.7 Å². The number of hydrogen-bond donors (Lipinski definition) is 2. The smallest absolute Gasteiger partial charge is 0.122 e. The van der Waals surface area contributed by atoms with Gasteiger partial charge in [0.05, 0.1) is 0 Å². The van der Waals surface area contributed by atoms with E-state index in [0.29, 0.717) is 0 Å². The SMILES string of the molecule is N#CC(=N)CN. The molecule has 0 saturated carbocycles. The zero-order chi connectivity index (χ0) is 4.99. The van der Waals surface area contributed by atoms with E-state index in [4.69, 9.17) is 16.4 Å². The second kappa shape index (κ2) is 2.36. The molecule has 0 aliphatic rings. The number of nitrogens with one attached hydrogen (secondary N) is 1. The van der Waals surface area contributed by atoms with Gasteiger partial charge in [-0.05, 0) is 0 Å². The van der Waals surface area contributed by atoms with Crippen molar-refractivity contribution in [3.63, 3.8) is 0 Å². The molecule has 0 spiro atoms. The fraction of sp³-hybridized carbons (Fsp3) is 0.333. The maximum absolute atomic E-state index is 7.78. The number of nitriles is 1. The van der Waals surface area contributed by atoms with Gasteiger partial charge >= 0.3 is 0 Å². The summed E-state index contributed by atoms with van der Waals surface area (Å²) in [4.78, 5) is 0. The summed E-state index contributed by atoms with van der Waals surface area (Å²) in [5.41, 5.74) is 4.76. The topological polar surface area (TPSA) is 73.7 Å². The van der Waals surface area contributed by atoms with Gasteiger partial charge in [0.1, 0.15) is 11.8 Å². The summed E-state index contributed by atoms with van der Waals surface area (Å²) in [7, 11) is 0. The molecule has 0 aromatic carbocycles. The van der Waals surface area contributed by atoms with Gasteiger partial charge in [-0.3, -0.25) is 5.41 Å². The summed E-state index contributed by atoms with van der Waals surface area (Å²) in [6, 6.07) is 1.57. The van der Waals surface area contributed by atoms with Gasteiger partial charge in [-0.15, -0.1) is 0 Å². The van der Waals surface area contributed by atoms with Crippen molar-refractivity contribution in [1.29, 1.82) is 10.7 Å². The zero-order valence-corrected chi connectivity index (χ0v) is 3.23. The first kappa shape index (κ1) is 5.12. The molecule has 0 aromatic rings. The lowest BCUT2D eigenvalue weighted by molar-refractivity contribution is 1.28. The molecule has 0 aromatic heterocycles. The summed E-state index contributed by atoms with van der Waals surface area (Å²) in [6.45, 7) is 0.0521. The number of nitrogens with two attached hydrogens (primary N) is 1. The molecule has 0 radical (unpaired) electrons. The Morgan fingerprint density at radius 3 is 2.50 bits per heavy atom. The Balaban J connectivity index is 3.33. The van der Waals surface area contributed by atoms with Crippen LogP contribution >= 0.6 is 0 Å². The van der Waals surface area contributed by atoms with Crippen LogP contribution in [-0.4, -0.2) is 12.3 Å². The molecule has 0 saturated heterocycles. The van der Waals surface area contributed by atoms with Gasteiger partial charge in [0.2, 0.25) is 0 Å². The molecule has 3 N–H and O–H groups in total. The molecular formula is C3H5N3. The lowest BCUT2D eigenvalue weighted by atomic mass is 10.4. The fourth-order valence-corrected chi connectivity index (χ4v) is 0.0456. The molecule has 0 aliphatic heterocycles. The summed E-state index contributed by atoms with van der Waals surface area (Å²) in [5.74, 6) is 0. The third-order valence-electron chi connectivity index (χ3n) is 0.339. The van der Waals surface area contributed by atoms with E-state index in [1.807, 2.05) is 0 Å². The average Bonchev–Trinajstić information content (AvgIpc) is 1.65. The standard InChI is InChI=1S/C3H5N3/c4-1-3(6)2-5/h6H,1,4H2. The maximum Gasteiger partial charge on any atom is 0.122 e. The highest BCUT2D eigenvalue weighted by atomic mass is 14.6. The van der Waals surface area contributed by atoms with Gasteiger partial charge < -0.3 is 5.73 Å². The Labute approximate surface area is 35.9 Å². The van der Waals surface area contributed by atoms with Crippen LogP contribution in [0.5, 0.6) is 0 Å². The molecule has 32 valence electrons. The second-order valence-corrected chi connectivity index (χ2v) is 0.794. The monoisotopic (exact) mass is 83.0 g/mol. The molecule has 6 heavy (non-hydrogen) atoms. The van der Waals surface area contributed by atoms with E-state index < -0.39 is 0 Å². The van der Waals surface area contributed by atoms with Crippen molar-refractivity contribution in [2.24, 2.45) is 5.73 Å². The summed E-state index contributed by atoms with van der Waals surface area (Å²) < 4.78 is 0. The minimum atomic E-state index is -0.0741. The van der Waals surface area contributed by atoms with E-state index in [-0.39, 0.29) is 12.3 Å². The van der Waals surface area contributed by atoms with Gasteiger partial charge in [-0.25, -0.2) is 0 Å². The molecule has 0 bridgehead atoms. The molecule has 0 fully saturated rings. The molecule has 3 heteroatoms. The van der Waals surface area contributed by atoms with E-state index in [0.717, 1.165) is 0 Å². The average molecular weight is 83.1 g/mol. The minimum absolute atomic E-state index is 0.0521. The Bertz CT molecular complexity index is 88.7. The first-order chi connectivity index (χ1) is 2.81. The van der Waals surface area contributed by atoms with Crippen LogP contribution in [-0.2, 0) is 0 Å². The Morgan fingerprint density at radius 1 is 2.00 bits per heavy atom. The molecule has 0 aliphatic carbocycles. The molecule has 0 atom stereocenters. The highest BCUT2D eigenvalue weighted by molar-refractivity contribution is 5.97. The molecular weight excluding hydrogens is 78.1 g/mol. The van der Waals surface area contributed by atoms with Crippen molar-refractivity contribution in [3.8, 4) is 6.07 Å². The van der Waals surface area contributed by atoms with Gasteiger partial charge in [0.25, 0.3) is 0 Å². The van der Waals surface area contributed by atoms with Crippen molar-refractivity contribution in [2.75, 3.05) is 6.54 Å². The largest absolute Gasteiger partial charge is 0.325 e. The molecule has 3 nitrogen and oxygen atoms in total. The van der Waals surface area contributed by atoms with Crippen LogP contribution in [0.3, 0.4) is 0 Å². The minimum Gasteiger partial charge on any atom is -0.325 e. The molecule has 0 heterocycles. The Kier molecular flexibility index (Phi) is 2.02. The maximum atomic E-state index is 7.78. The summed E-state index contributed by atoms with van der Waals surface area (Å²) in [5, 5.41) is 14.3. The zero-order valence-electron chi connectivity index (χ0n) is 3.23. The van der Waals surface area contributed by atoms with E-state index >= 15 is 0 Å². The van der Waals surface area contributed by atoms with Gasteiger partial charge in [-0.1, -0.05) is 0 Å². The van der Waals surface area contributed by atoms with Crippen LogP contribution in [0.25, 0.3) is 0 Å². The predicted molar refractivity (Wildman–Crippen MR) is 22.4 cm³/mol. The fourth-order valence-electron chi connectivity index (χ4n) is 0.0456. The molecule has 0 unspecified atom stereocenters. The van der Waals surface area contributed by atoms with Crippen molar-refractivity contribution >= 4 is 5.71 Å². The lowest BCUT2D eigenvalue weighted by Crippen LogP contribution is -2.08. The predicted octanol–water partition coefficient (Wildman–Crippen LogP) is -0.512. The second-order valence-electron chi connectivity index (χ2n) is 0.794. The highest BCUT2D eigenvalue weighted by Gasteiger charge is 1.80. The third kappa shape index (κ3) is 1.44. The molecule has 0 amide bonds. The summed E-state index contributed by atoms with van der Waals surface area (Å²) >= 11 is 0. The van der Waals surface area contributed by atoms with Gasteiger partial charge in [0.15, 0.2) is 0 Å². The van der Waals surface area contributed by atoms with Gasteiger partial charge in [-0.2, -0.15) is 5.26 Å². The number of hydrogen-bond acceptors (Lipinski definition) is 3. The summed E-state index contributed by atoms with van der Waals surface area (Å²) in [6.07, 6.45) is 0. The normalized spacial score (nSPS) is 6.67. The van der Waals surface area contributed by atoms with Crippen molar-refractivity contribution in [2.45, 2.75) is 0 Å². The highest BCUT2D eigenvalue weighted by Crippen LogP contribution is 1.55. The van der Waals surface area contributed by atoms with Crippen LogP contribution < -0.4 is 5.73 Å². The number of rotatable bonds is 1. The van der Waals surface area contributed by atoms with Gasteiger partial charge in [0, 0.05) is 6.54 Å². The van der Waals surface area contributed by atoms with Crippen molar-refractivity contribution in [3.05, 3.63) is 0 Å². The first-order valence-corrected chi connectivity index (χ1v) is 1.49. The Hall–Kier alpha value is -0.880. The number of nitrogens with zero attached hydrogens (tertiary/aromatic N) is 1. The van der Waals surface area contributed by atoms with E-state index in [1.165, 1.54) is 0 Å². The Morgan fingerprint density at radius 2 is 2.50 bits per heavy atom. The van der Waals surface area contributed by atoms with E-state index in [1.54, 1.807) is 6.07 Å². The van der Waals surface area contributed by atoms with E-state index in [9.17, 15) is 0 Å². The lowest BCUT2D eigenvalue weighted by Gasteiger charge is -1.75.